The Labute approximate surface area is 132 Å². The molecule has 3 aromatic heterocycles. The summed E-state index contributed by atoms with van der Waals surface area (Å²) in [6, 6.07) is 6.15. The molecule has 5 nitrogen and oxygen atoms in total. The molecule has 1 N–H and O–H groups in total. The molecule has 1 unspecified atom stereocenters. The zero-order chi connectivity index (χ0) is 14.8. The molecule has 0 saturated heterocycles. The fraction of sp³-hybridized carbons (Fsp3) is 0.333. The Morgan fingerprint density at radius 2 is 2.14 bits per heavy atom. The first-order valence-electron chi connectivity index (χ1n) is 7.07. The van der Waals surface area contributed by atoms with Crippen molar-refractivity contribution in [3.63, 3.8) is 0 Å². The highest BCUT2D eigenvalue weighted by Gasteiger charge is 2.23. The molecule has 0 radical (unpaired) electrons. The fourth-order valence-corrected chi connectivity index (χ4v) is 3.19. The maximum absolute atomic E-state index is 4.47. The lowest BCUT2D eigenvalue weighted by Crippen LogP contribution is -2.22. The lowest BCUT2D eigenvalue weighted by Gasteiger charge is -2.18. The van der Waals surface area contributed by atoms with E-state index in [9.17, 15) is 0 Å². The number of nitrogens with zero attached hydrogens (tertiary/aromatic N) is 4. The largest absolute Gasteiger partial charge is 0.308 e. The highest BCUT2D eigenvalue weighted by atomic mass is 79.9. The topological polar surface area (TPSA) is 47.2 Å². The van der Waals surface area contributed by atoms with Crippen LogP contribution in [0, 0.1) is 0 Å². The third-order valence-corrected chi connectivity index (χ3v) is 4.21. The molecular formula is C15H18BrN5. The molecule has 3 heterocycles. The van der Waals surface area contributed by atoms with Gasteiger partial charge < -0.3 is 5.32 Å². The molecule has 3 aromatic rings. The minimum absolute atomic E-state index is 0.0494. The first kappa shape index (κ1) is 14.3. The molecular weight excluding hydrogens is 330 g/mol. The molecule has 0 saturated carbocycles. The van der Waals surface area contributed by atoms with E-state index in [2.05, 4.69) is 49.1 Å². The summed E-state index contributed by atoms with van der Waals surface area (Å²) in [5.74, 6) is 0. The van der Waals surface area contributed by atoms with E-state index in [0.29, 0.717) is 0 Å². The van der Waals surface area contributed by atoms with Crippen LogP contribution in [0.25, 0.3) is 5.52 Å². The molecule has 0 amide bonds. The van der Waals surface area contributed by atoms with Crippen molar-refractivity contribution in [3.8, 4) is 0 Å². The van der Waals surface area contributed by atoms with Gasteiger partial charge in [-0.3, -0.25) is 4.68 Å². The van der Waals surface area contributed by atoms with E-state index in [1.54, 1.807) is 0 Å². The molecule has 0 aliphatic carbocycles. The zero-order valence-corrected chi connectivity index (χ0v) is 13.7. The minimum Gasteiger partial charge on any atom is -0.308 e. The van der Waals surface area contributed by atoms with Crippen LogP contribution in [-0.2, 0) is 6.54 Å². The smallest absolute Gasteiger partial charge is 0.0794 e. The van der Waals surface area contributed by atoms with E-state index in [0.717, 1.165) is 34.2 Å². The van der Waals surface area contributed by atoms with Crippen molar-refractivity contribution >= 4 is 21.4 Å². The van der Waals surface area contributed by atoms with Crippen LogP contribution in [0.3, 0.4) is 0 Å². The van der Waals surface area contributed by atoms with E-state index in [4.69, 9.17) is 0 Å². The van der Waals surface area contributed by atoms with Gasteiger partial charge in [-0.25, -0.2) is 4.52 Å². The predicted molar refractivity (Wildman–Crippen MR) is 86.3 cm³/mol. The van der Waals surface area contributed by atoms with Crippen molar-refractivity contribution in [2.45, 2.75) is 25.9 Å². The van der Waals surface area contributed by atoms with Crippen LogP contribution >= 0.6 is 15.9 Å². The van der Waals surface area contributed by atoms with Crippen LogP contribution < -0.4 is 5.32 Å². The summed E-state index contributed by atoms with van der Waals surface area (Å²) in [4.78, 5) is 0. The Morgan fingerprint density at radius 3 is 2.90 bits per heavy atom. The third-order valence-electron chi connectivity index (χ3n) is 3.60. The van der Waals surface area contributed by atoms with E-state index in [1.165, 1.54) is 0 Å². The molecule has 0 spiro atoms. The van der Waals surface area contributed by atoms with Crippen molar-refractivity contribution in [1.29, 1.82) is 0 Å². The first-order chi connectivity index (χ1) is 10.3. The highest BCUT2D eigenvalue weighted by Crippen LogP contribution is 2.30. The van der Waals surface area contributed by atoms with E-state index in [1.807, 2.05) is 42.3 Å². The minimum atomic E-state index is 0.0494. The maximum Gasteiger partial charge on any atom is 0.0794 e. The normalized spacial score (nSPS) is 12.9. The molecule has 110 valence electrons. The fourth-order valence-electron chi connectivity index (χ4n) is 2.67. The van der Waals surface area contributed by atoms with Gasteiger partial charge in [0.15, 0.2) is 0 Å². The van der Waals surface area contributed by atoms with E-state index >= 15 is 0 Å². The van der Waals surface area contributed by atoms with Gasteiger partial charge in [-0.15, -0.1) is 0 Å². The second-order valence-electron chi connectivity index (χ2n) is 4.95. The van der Waals surface area contributed by atoms with E-state index in [-0.39, 0.29) is 6.04 Å². The van der Waals surface area contributed by atoms with Gasteiger partial charge in [-0.1, -0.05) is 13.0 Å². The summed E-state index contributed by atoms with van der Waals surface area (Å²) >= 11 is 3.63. The van der Waals surface area contributed by atoms with Crippen LogP contribution in [-0.4, -0.2) is 26.4 Å². The molecule has 0 aliphatic rings. The quantitative estimate of drug-likeness (QED) is 0.771. The van der Waals surface area contributed by atoms with Gasteiger partial charge >= 0.3 is 0 Å². The number of pyridine rings is 1. The van der Waals surface area contributed by atoms with Gasteiger partial charge in [0.2, 0.25) is 0 Å². The van der Waals surface area contributed by atoms with Gasteiger partial charge in [0.25, 0.3) is 0 Å². The highest BCUT2D eigenvalue weighted by molar-refractivity contribution is 9.10. The van der Waals surface area contributed by atoms with Gasteiger partial charge in [0.05, 0.1) is 34.1 Å². The number of halogens is 1. The monoisotopic (exact) mass is 347 g/mol. The SMILES string of the molecule is CCCn1ncc(Br)c1C(NC)c1cnn2ccccc12. The lowest BCUT2D eigenvalue weighted by molar-refractivity contribution is 0.534. The van der Waals surface area contributed by atoms with Crippen LogP contribution in [0.15, 0.2) is 41.3 Å². The Morgan fingerprint density at radius 1 is 1.29 bits per heavy atom. The Kier molecular flexibility index (Phi) is 4.07. The summed E-state index contributed by atoms with van der Waals surface area (Å²) < 4.78 is 4.97. The summed E-state index contributed by atoms with van der Waals surface area (Å²) in [5.41, 5.74) is 3.39. The maximum atomic E-state index is 4.47. The van der Waals surface area contributed by atoms with Crippen LogP contribution in [0.1, 0.15) is 30.6 Å². The predicted octanol–water partition coefficient (Wildman–Crippen LogP) is 3.01. The molecule has 1 atom stereocenters. The number of fused-ring (bicyclic) bond motifs is 1. The van der Waals surface area contributed by atoms with Crippen molar-refractivity contribution in [2.75, 3.05) is 7.05 Å². The standard InChI is InChI=1S/C15H18BrN5/c1-3-7-21-15(12(16)10-19-21)14(17-2)11-9-18-20-8-5-4-6-13(11)20/h4-6,8-10,14,17H,3,7H2,1-2H3. The lowest BCUT2D eigenvalue weighted by atomic mass is 10.1. The molecule has 6 heteroatoms. The number of aryl methyl sites for hydroxylation is 1. The Balaban J connectivity index is 2.12. The number of rotatable bonds is 5. The van der Waals surface area contributed by atoms with Gasteiger partial charge in [-0.2, -0.15) is 10.2 Å². The summed E-state index contributed by atoms with van der Waals surface area (Å²) in [7, 11) is 1.97. The number of aromatic nitrogens is 4. The molecule has 3 rings (SSSR count). The van der Waals surface area contributed by atoms with Crippen LogP contribution in [0.4, 0.5) is 0 Å². The van der Waals surface area contributed by atoms with Gasteiger partial charge in [-0.05, 0) is 41.5 Å². The van der Waals surface area contributed by atoms with Crippen LogP contribution in [0.5, 0.6) is 0 Å². The zero-order valence-electron chi connectivity index (χ0n) is 12.1. The number of hydrogen-bond acceptors (Lipinski definition) is 3. The van der Waals surface area contributed by atoms with Crippen molar-refractivity contribution < 1.29 is 0 Å². The Bertz CT molecular complexity index is 745. The average Bonchev–Trinajstić information content (AvgIpc) is 3.07. The molecule has 0 bridgehead atoms. The van der Waals surface area contributed by atoms with Crippen molar-refractivity contribution in [1.82, 2.24) is 24.7 Å². The number of nitrogens with one attached hydrogen (secondary N) is 1. The van der Waals surface area contributed by atoms with Crippen molar-refractivity contribution in [2.24, 2.45) is 0 Å². The first-order valence-corrected chi connectivity index (χ1v) is 7.86. The molecule has 0 aliphatic heterocycles. The van der Waals surface area contributed by atoms with Crippen molar-refractivity contribution in [3.05, 3.63) is 52.5 Å². The molecule has 21 heavy (non-hydrogen) atoms. The number of hydrogen-bond donors (Lipinski definition) is 1. The molecule has 0 fully saturated rings. The average molecular weight is 348 g/mol. The third kappa shape index (κ3) is 2.49. The summed E-state index contributed by atoms with van der Waals surface area (Å²) in [6.07, 6.45) is 6.80. The van der Waals surface area contributed by atoms with Gasteiger partial charge in [0, 0.05) is 18.3 Å². The summed E-state index contributed by atoms with van der Waals surface area (Å²) in [6.45, 7) is 3.06. The van der Waals surface area contributed by atoms with Gasteiger partial charge in [0.1, 0.15) is 0 Å². The second kappa shape index (κ2) is 5.99. The van der Waals surface area contributed by atoms with Crippen LogP contribution in [0.2, 0.25) is 0 Å². The summed E-state index contributed by atoms with van der Waals surface area (Å²) in [5, 5.41) is 12.3. The second-order valence-corrected chi connectivity index (χ2v) is 5.81. The van der Waals surface area contributed by atoms with E-state index < -0.39 is 0 Å². The molecule has 0 aromatic carbocycles. The Hall–Kier alpha value is -1.66.